The van der Waals surface area contributed by atoms with E-state index in [-0.39, 0.29) is 18.4 Å². The number of aromatic amines is 1. The molecule has 0 spiro atoms. The molecule has 2 unspecified atom stereocenters. The van der Waals surface area contributed by atoms with E-state index >= 15 is 0 Å². The molecule has 41 heavy (non-hydrogen) atoms. The molecule has 19 nitrogen and oxygen atoms in total. The molecule has 1 fully saturated rings. The number of amides is 2. The minimum absolute atomic E-state index is 0.150. The van der Waals surface area contributed by atoms with Gasteiger partial charge in [-0.1, -0.05) is 0 Å². The van der Waals surface area contributed by atoms with Crippen LogP contribution in [0, 0.1) is 12.0 Å². The van der Waals surface area contributed by atoms with Gasteiger partial charge in [0.25, 0.3) is 5.56 Å². The monoisotopic (exact) mass is 666 g/mol. The Morgan fingerprint density at radius 3 is 2.54 bits per heavy atom. The SMILES string of the molecule is O=C(NC#Cc1cn([C@H]2CC[C@@H](COP(=O)(O)OP(=O)(O)OP(=O)(O)O)O2)c(=O)[nH]c1=O)NCCCCCOCS. The van der Waals surface area contributed by atoms with E-state index in [0.717, 1.165) is 23.6 Å². The zero-order valence-electron chi connectivity index (χ0n) is 21.1. The number of ether oxygens (including phenoxy) is 2. The highest BCUT2D eigenvalue weighted by atomic mass is 32.1. The van der Waals surface area contributed by atoms with Crippen molar-refractivity contribution >= 4 is 42.1 Å². The minimum atomic E-state index is -5.67. The highest BCUT2D eigenvalue weighted by Crippen LogP contribution is 2.66. The van der Waals surface area contributed by atoms with Crippen LogP contribution >= 0.6 is 36.1 Å². The molecule has 0 bridgehead atoms. The van der Waals surface area contributed by atoms with Crippen molar-refractivity contribution in [1.29, 1.82) is 0 Å². The Labute approximate surface area is 237 Å². The smallest absolute Gasteiger partial charge is 0.371 e. The summed E-state index contributed by atoms with van der Waals surface area (Å²) in [6.07, 6.45) is 1.84. The van der Waals surface area contributed by atoms with Crippen LogP contribution in [0.15, 0.2) is 15.8 Å². The van der Waals surface area contributed by atoms with E-state index < -0.39 is 59.7 Å². The van der Waals surface area contributed by atoms with E-state index in [0.29, 0.717) is 25.5 Å². The predicted molar refractivity (Wildman–Crippen MR) is 141 cm³/mol. The number of nitrogens with zero attached hydrogens (tertiary/aromatic N) is 1. The van der Waals surface area contributed by atoms with E-state index in [1.54, 1.807) is 0 Å². The van der Waals surface area contributed by atoms with Gasteiger partial charge >= 0.3 is 35.2 Å². The number of H-pyrrole nitrogens is 1. The van der Waals surface area contributed by atoms with E-state index in [1.807, 2.05) is 0 Å². The number of phosphoric acid groups is 3. The highest BCUT2D eigenvalue weighted by molar-refractivity contribution is 7.80. The van der Waals surface area contributed by atoms with Gasteiger partial charge in [-0.3, -0.25) is 24.2 Å². The molecule has 1 saturated heterocycles. The van der Waals surface area contributed by atoms with E-state index in [9.17, 15) is 37.9 Å². The topological polar surface area (TPSA) is 274 Å². The van der Waals surface area contributed by atoms with Gasteiger partial charge < -0.3 is 34.4 Å². The Balaban J connectivity index is 1.90. The molecule has 0 radical (unpaired) electrons. The first kappa shape index (κ1) is 35.4. The molecule has 2 heterocycles. The molecule has 0 aliphatic carbocycles. The number of unbranched alkanes of at least 4 members (excludes halogenated alkanes) is 2. The fourth-order valence-electron chi connectivity index (χ4n) is 3.25. The van der Waals surface area contributed by atoms with Crippen molar-refractivity contribution in [2.45, 2.75) is 44.4 Å². The van der Waals surface area contributed by atoms with Crippen molar-refractivity contribution in [2.24, 2.45) is 0 Å². The van der Waals surface area contributed by atoms with Crippen molar-refractivity contribution in [2.75, 3.05) is 25.7 Å². The number of nitrogens with one attached hydrogen (secondary N) is 3. The number of hydrogen-bond acceptors (Lipinski definition) is 12. The van der Waals surface area contributed by atoms with Crippen LogP contribution in [-0.2, 0) is 36.3 Å². The second kappa shape index (κ2) is 16.1. The van der Waals surface area contributed by atoms with Crippen molar-refractivity contribution < 1.29 is 60.7 Å². The number of urea groups is 1. The molecule has 1 aromatic heterocycles. The van der Waals surface area contributed by atoms with Crippen molar-refractivity contribution in [3.63, 3.8) is 0 Å². The molecule has 2 rings (SSSR count). The lowest BCUT2D eigenvalue weighted by molar-refractivity contribution is -0.0243. The van der Waals surface area contributed by atoms with E-state index in [4.69, 9.17) is 19.3 Å². The molecule has 2 amide bonds. The van der Waals surface area contributed by atoms with E-state index in [1.165, 1.54) is 0 Å². The molecule has 23 heteroatoms. The van der Waals surface area contributed by atoms with Gasteiger partial charge in [0.1, 0.15) is 11.8 Å². The predicted octanol–water partition coefficient (Wildman–Crippen LogP) is 0.240. The van der Waals surface area contributed by atoms with Gasteiger partial charge in [0, 0.05) is 25.4 Å². The van der Waals surface area contributed by atoms with Crippen LogP contribution in [0.1, 0.15) is 43.9 Å². The quantitative estimate of drug-likeness (QED) is 0.0311. The number of phosphoric ester groups is 1. The number of aromatic nitrogens is 2. The summed E-state index contributed by atoms with van der Waals surface area (Å²) in [5.41, 5.74) is -1.87. The second-order valence-electron chi connectivity index (χ2n) is 8.12. The third-order valence-corrected chi connectivity index (χ3v) is 8.90. The summed E-state index contributed by atoms with van der Waals surface area (Å²) in [5, 5.41) is 4.84. The normalized spacial score (nSPS) is 19.9. The molecule has 1 aliphatic rings. The second-order valence-corrected chi connectivity index (χ2v) is 12.8. The molecule has 1 aliphatic heterocycles. The van der Waals surface area contributed by atoms with Crippen LogP contribution in [0.2, 0.25) is 0 Å². The average molecular weight is 666 g/mol. The lowest BCUT2D eigenvalue weighted by atomic mass is 10.2. The molecule has 0 saturated carbocycles. The maximum Gasteiger partial charge on any atom is 0.490 e. The summed E-state index contributed by atoms with van der Waals surface area (Å²) < 4.78 is 57.4. The van der Waals surface area contributed by atoms with Crippen molar-refractivity contribution in [3.8, 4) is 12.0 Å². The molecule has 232 valence electrons. The largest absolute Gasteiger partial charge is 0.490 e. The third kappa shape index (κ3) is 13.8. The van der Waals surface area contributed by atoms with E-state index in [2.05, 4.69) is 53.4 Å². The summed E-state index contributed by atoms with van der Waals surface area (Å²) in [5.74, 6) is 2.76. The molecule has 7 N–H and O–H groups in total. The number of carbonyl (C=O) groups excluding carboxylic acids is 1. The Morgan fingerprint density at radius 2 is 1.85 bits per heavy atom. The van der Waals surface area contributed by atoms with Gasteiger partial charge in [0.05, 0.1) is 18.6 Å². The van der Waals surface area contributed by atoms with Crippen LogP contribution in [0.5, 0.6) is 0 Å². The summed E-state index contributed by atoms with van der Waals surface area (Å²) >= 11 is 3.92. The lowest BCUT2D eigenvalue weighted by Crippen LogP contribution is -2.34. The van der Waals surface area contributed by atoms with Gasteiger partial charge in [0.2, 0.25) is 0 Å². The Morgan fingerprint density at radius 1 is 1.12 bits per heavy atom. The number of hydrogen-bond donors (Lipinski definition) is 8. The zero-order valence-corrected chi connectivity index (χ0v) is 24.7. The van der Waals surface area contributed by atoms with Gasteiger partial charge in [0.15, 0.2) is 0 Å². The number of thiol groups is 1. The van der Waals surface area contributed by atoms with Crippen LogP contribution in [0.4, 0.5) is 4.79 Å². The minimum Gasteiger partial charge on any atom is -0.371 e. The van der Waals surface area contributed by atoms with Gasteiger partial charge in [-0.2, -0.15) is 21.3 Å². The molecular weight excluding hydrogens is 637 g/mol. The Bertz CT molecular complexity index is 1370. The van der Waals surface area contributed by atoms with Crippen LogP contribution < -0.4 is 21.9 Å². The van der Waals surface area contributed by atoms with Crippen LogP contribution in [-0.4, -0.2) is 67.0 Å². The van der Waals surface area contributed by atoms with Crippen LogP contribution in [0.25, 0.3) is 0 Å². The standard InChI is InChI=1S/C18H29N4O15P3S/c23-16-13(6-8-20-17(24)19-7-2-1-3-9-33-12-41)10-22(18(25)21-16)15-5-4-14(35-15)11-34-39(29,30)37-40(31,32)36-38(26,27)28/h10,14-15,41H,1-5,7,9,11-12H2,(H,29,30)(H,31,32)(H2,19,20,24)(H,21,23,25)(H2,26,27,28)/t14-,15+/m0/s1. The first-order valence-electron chi connectivity index (χ1n) is 11.6. The molecule has 0 aromatic carbocycles. The van der Waals surface area contributed by atoms with Crippen molar-refractivity contribution in [1.82, 2.24) is 20.2 Å². The summed E-state index contributed by atoms with van der Waals surface area (Å²) in [6, 6.07) is 1.72. The lowest BCUT2D eigenvalue weighted by Gasteiger charge is -2.19. The molecule has 4 atom stereocenters. The van der Waals surface area contributed by atoms with Gasteiger partial charge in [-0.05, 0) is 38.0 Å². The molecule has 1 aromatic rings. The fraction of sp³-hybridized carbons (Fsp3) is 0.611. The third-order valence-electron chi connectivity index (χ3n) is 4.92. The summed E-state index contributed by atoms with van der Waals surface area (Å²) in [6.45, 7) is 0.266. The van der Waals surface area contributed by atoms with Crippen molar-refractivity contribution in [3.05, 3.63) is 32.6 Å². The maximum atomic E-state index is 12.3. The Kier molecular flexibility index (Phi) is 13.9. The average Bonchev–Trinajstić information content (AvgIpc) is 3.30. The molecular formula is C18H29N4O15P3S. The Hall–Kier alpha value is -1.81. The van der Waals surface area contributed by atoms with Gasteiger partial charge in [-0.15, -0.1) is 0 Å². The first-order chi connectivity index (χ1) is 19.1. The highest BCUT2D eigenvalue weighted by Gasteiger charge is 2.41. The van der Waals surface area contributed by atoms with Gasteiger partial charge in [-0.25, -0.2) is 23.3 Å². The maximum absolute atomic E-state index is 12.3. The zero-order chi connectivity index (χ0) is 30.7. The number of carbonyl (C=O) groups is 1. The van der Waals surface area contributed by atoms with Crippen LogP contribution in [0.3, 0.4) is 0 Å². The number of rotatable bonds is 15. The summed E-state index contributed by atoms with van der Waals surface area (Å²) in [4.78, 5) is 74.2. The summed E-state index contributed by atoms with van der Waals surface area (Å²) in [7, 11) is -16.6. The first-order valence-corrected chi connectivity index (χ1v) is 16.8. The fourth-order valence-corrected chi connectivity index (χ4v) is 6.43.